The molecule has 1 saturated heterocycles. The summed E-state index contributed by atoms with van der Waals surface area (Å²) in [4.78, 5) is 27.5. The molecular weight excluding hydrogens is 757 g/mol. The average molecular weight is 799 g/mol. The largest absolute Gasteiger partial charge is 0.452 e. The van der Waals surface area contributed by atoms with Gasteiger partial charge in [0.15, 0.2) is 18.5 Å². The van der Waals surface area contributed by atoms with Gasteiger partial charge in [-0.15, -0.1) is 0 Å². The molecule has 58 heavy (non-hydrogen) atoms. The van der Waals surface area contributed by atoms with Crippen LogP contribution in [-0.2, 0) is 43.6 Å². The molecule has 5 atom stereocenters. The van der Waals surface area contributed by atoms with Crippen molar-refractivity contribution in [3.8, 4) is 0 Å². The summed E-state index contributed by atoms with van der Waals surface area (Å²) in [7, 11) is -3.25. The fraction of sp³-hybridized carbons (Fsp3) is 0.191. The lowest BCUT2D eigenvalue weighted by Gasteiger charge is -2.45. The molecule has 6 aromatic rings. The molecule has 0 N–H and O–H groups in total. The zero-order valence-electron chi connectivity index (χ0n) is 31.8. The maximum absolute atomic E-state index is 14.2. The van der Waals surface area contributed by atoms with Gasteiger partial charge in [0.05, 0.1) is 22.6 Å². The van der Waals surface area contributed by atoms with E-state index in [1.54, 1.807) is 72.8 Å². The highest BCUT2D eigenvalue weighted by atomic mass is 32.2. The minimum atomic E-state index is -4.59. The van der Waals surface area contributed by atoms with Crippen LogP contribution in [0.3, 0.4) is 0 Å². The molecule has 11 heteroatoms. The molecule has 296 valence electrons. The van der Waals surface area contributed by atoms with Crippen molar-refractivity contribution >= 4 is 22.1 Å². The van der Waals surface area contributed by atoms with Crippen LogP contribution in [0.2, 0.25) is 0 Å². The van der Waals surface area contributed by atoms with Gasteiger partial charge in [0.2, 0.25) is 0 Å². The van der Waals surface area contributed by atoms with Gasteiger partial charge < -0.3 is 23.7 Å². The highest BCUT2D eigenvalue weighted by molar-refractivity contribution is 7.86. The van der Waals surface area contributed by atoms with E-state index in [1.165, 1.54) is 19.2 Å². The van der Waals surface area contributed by atoms with Crippen LogP contribution >= 0.6 is 0 Å². The van der Waals surface area contributed by atoms with E-state index in [0.717, 1.165) is 22.3 Å². The van der Waals surface area contributed by atoms with Crippen LogP contribution in [0.1, 0.15) is 43.0 Å². The number of hydrogen-bond donors (Lipinski definition) is 0. The van der Waals surface area contributed by atoms with E-state index in [1.807, 2.05) is 97.9 Å². The summed E-state index contributed by atoms with van der Waals surface area (Å²) in [6.45, 7) is 1.50. The van der Waals surface area contributed by atoms with Crippen molar-refractivity contribution in [2.75, 3.05) is 13.7 Å². The molecule has 10 nitrogen and oxygen atoms in total. The second-order valence-electron chi connectivity index (χ2n) is 13.7. The normalized spacial score (nSPS) is 19.5. The van der Waals surface area contributed by atoms with E-state index in [9.17, 15) is 18.0 Å². The second kappa shape index (κ2) is 18.1. The number of esters is 2. The van der Waals surface area contributed by atoms with Crippen LogP contribution in [-0.4, -0.2) is 64.8 Å². The van der Waals surface area contributed by atoms with E-state index < -0.39 is 58.4 Å². The van der Waals surface area contributed by atoms with E-state index in [-0.39, 0.29) is 22.6 Å². The quantitative estimate of drug-likeness (QED) is 0.0611. The zero-order valence-corrected chi connectivity index (χ0v) is 32.6. The molecule has 0 spiro atoms. The Balaban J connectivity index is 1.36. The maximum atomic E-state index is 14.2. The zero-order chi connectivity index (χ0) is 40.5. The highest BCUT2D eigenvalue weighted by Crippen LogP contribution is 2.42. The Labute approximate surface area is 338 Å². The van der Waals surface area contributed by atoms with Crippen molar-refractivity contribution in [1.82, 2.24) is 0 Å². The first-order valence-corrected chi connectivity index (χ1v) is 20.1. The van der Waals surface area contributed by atoms with Crippen LogP contribution in [0.15, 0.2) is 181 Å². The molecule has 1 aliphatic rings. The van der Waals surface area contributed by atoms with Crippen LogP contribution in [0.25, 0.3) is 0 Å². The Kier molecular flexibility index (Phi) is 12.6. The Morgan fingerprint density at radius 2 is 0.983 bits per heavy atom. The first-order chi connectivity index (χ1) is 28.2. The summed E-state index contributed by atoms with van der Waals surface area (Å²) in [6, 6.07) is 51.3. The van der Waals surface area contributed by atoms with Gasteiger partial charge in [0, 0.05) is 7.11 Å². The van der Waals surface area contributed by atoms with Gasteiger partial charge in [-0.05, 0) is 60.0 Å². The second-order valence-corrected chi connectivity index (χ2v) is 15.2. The van der Waals surface area contributed by atoms with Crippen LogP contribution in [0.5, 0.6) is 0 Å². The Morgan fingerprint density at radius 3 is 1.41 bits per heavy atom. The van der Waals surface area contributed by atoms with Crippen LogP contribution in [0.4, 0.5) is 0 Å². The molecule has 0 saturated carbocycles. The number of methoxy groups -OCH3 is 1. The Morgan fingerprint density at radius 1 is 0.569 bits per heavy atom. The number of benzene rings is 6. The van der Waals surface area contributed by atoms with Gasteiger partial charge in [-0.3, -0.25) is 4.18 Å². The van der Waals surface area contributed by atoms with Crippen molar-refractivity contribution in [2.24, 2.45) is 0 Å². The third-order valence-electron chi connectivity index (χ3n) is 9.88. The number of ether oxygens (including phenoxy) is 5. The number of carbonyl (C=O) groups is 2. The fourth-order valence-electron chi connectivity index (χ4n) is 6.99. The topological polar surface area (TPSA) is 124 Å². The van der Waals surface area contributed by atoms with Crippen LogP contribution < -0.4 is 0 Å². The summed E-state index contributed by atoms with van der Waals surface area (Å²) in [5.41, 5.74) is 2.26. The molecule has 0 unspecified atom stereocenters. The third kappa shape index (κ3) is 8.79. The standard InChI is InChI=1S/C47H42O10S/c1-33-28-30-39(31-29-33)58(50,51)57-41-40(32-53-47(36-22-12-5-13-23-36,37-24-14-6-15-25-37)38-26-16-7-17-27-38)54-46(52-2)43(56-45(49)35-20-10-4-11-21-35)42(41)55-44(48)34-18-8-3-9-19-34/h3-31,40-43,46H,32H2,1-2H3/t40-,41-,42+,43+,46-/m0/s1. The molecule has 0 amide bonds. The maximum Gasteiger partial charge on any atom is 0.338 e. The lowest BCUT2D eigenvalue weighted by atomic mass is 9.80. The monoisotopic (exact) mass is 798 g/mol. The van der Waals surface area contributed by atoms with Gasteiger partial charge in [-0.2, -0.15) is 8.42 Å². The third-order valence-corrected chi connectivity index (χ3v) is 11.2. The SMILES string of the molecule is CO[C@H]1O[C@@H](COC(c2ccccc2)(c2ccccc2)c2ccccc2)[C@H](OS(=O)(=O)c2ccc(C)cc2)[C@@H](OC(=O)c2ccccc2)[C@H]1OC(=O)c1ccccc1. The number of aryl methyl sites for hydroxylation is 1. The Hall–Kier alpha value is -5.95. The van der Waals surface area contributed by atoms with Gasteiger partial charge in [-0.25, -0.2) is 9.59 Å². The smallest absolute Gasteiger partial charge is 0.338 e. The molecule has 1 fully saturated rings. The first-order valence-electron chi connectivity index (χ1n) is 18.7. The molecule has 7 rings (SSSR count). The van der Waals surface area contributed by atoms with Gasteiger partial charge >= 0.3 is 11.9 Å². The van der Waals surface area contributed by atoms with Gasteiger partial charge in [0.1, 0.15) is 17.8 Å². The average Bonchev–Trinajstić information content (AvgIpc) is 3.27. The minimum absolute atomic E-state index is 0.148. The van der Waals surface area contributed by atoms with Crippen molar-refractivity contribution in [3.05, 3.63) is 209 Å². The van der Waals surface area contributed by atoms with E-state index in [2.05, 4.69) is 0 Å². The molecule has 0 aliphatic carbocycles. The van der Waals surface area contributed by atoms with E-state index in [4.69, 9.17) is 27.9 Å². The van der Waals surface area contributed by atoms with Gasteiger partial charge in [0.25, 0.3) is 10.1 Å². The molecule has 0 bridgehead atoms. The first kappa shape index (κ1) is 40.3. The van der Waals surface area contributed by atoms with Crippen LogP contribution in [0, 0.1) is 6.92 Å². The van der Waals surface area contributed by atoms with E-state index in [0.29, 0.717) is 0 Å². The number of hydrogen-bond acceptors (Lipinski definition) is 10. The summed E-state index contributed by atoms with van der Waals surface area (Å²) in [6.07, 6.45) is -7.44. The lowest BCUT2D eigenvalue weighted by Crippen LogP contribution is -2.63. The Bertz CT molecular complexity index is 2260. The summed E-state index contributed by atoms with van der Waals surface area (Å²) in [5, 5.41) is 0. The minimum Gasteiger partial charge on any atom is -0.452 e. The fourth-order valence-corrected chi connectivity index (χ4v) is 8.10. The van der Waals surface area contributed by atoms with Crippen molar-refractivity contribution < 1.29 is 45.9 Å². The molecule has 1 aliphatic heterocycles. The molecule has 6 aromatic carbocycles. The number of rotatable bonds is 14. The summed E-state index contributed by atoms with van der Waals surface area (Å²) in [5.74, 6) is -1.61. The molecule has 1 heterocycles. The molecule has 0 aromatic heterocycles. The predicted octanol–water partition coefficient (Wildman–Crippen LogP) is 7.90. The molecule has 0 radical (unpaired) electrons. The van der Waals surface area contributed by atoms with E-state index >= 15 is 0 Å². The highest BCUT2D eigenvalue weighted by Gasteiger charge is 2.54. The van der Waals surface area contributed by atoms with Crippen molar-refractivity contribution in [2.45, 2.75) is 48.1 Å². The van der Waals surface area contributed by atoms with Crippen molar-refractivity contribution in [1.29, 1.82) is 0 Å². The van der Waals surface area contributed by atoms with Gasteiger partial charge in [-0.1, -0.05) is 145 Å². The lowest BCUT2D eigenvalue weighted by molar-refractivity contribution is -0.292. The van der Waals surface area contributed by atoms with Crippen molar-refractivity contribution in [3.63, 3.8) is 0 Å². The summed E-state index contributed by atoms with van der Waals surface area (Å²) < 4.78 is 66.2. The molecular formula is C47H42O10S. The predicted molar refractivity (Wildman–Crippen MR) is 215 cm³/mol. The number of carbonyl (C=O) groups excluding carboxylic acids is 2. The summed E-state index contributed by atoms with van der Waals surface area (Å²) >= 11 is 0.